The fraction of sp³-hybridized carbons (Fsp3) is 0.333. The molecule has 1 aliphatic heterocycles. The molecule has 0 aromatic carbocycles. The summed E-state index contributed by atoms with van der Waals surface area (Å²) in [5.41, 5.74) is 1.02. The summed E-state index contributed by atoms with van der Waals surface area (Å²) in [4.78, 5) is 12.8. The number of nitrogens with zero attached hydrogens (tertiary/aromatic N) is 3. The van der Waals surface area contributed by atoms with E-state index >= 15 is 0 Å². The Morgan fingerprint density at radius 2 is 2.10 bits per heavy atom. The Labute approximate surface area is 125 Å². The van der Waals surface area contributed by atoms with E-state index in [1.54, 1.807) is 11.3 Å². The molecule has 1 aliphatic rings. The lowest BCUT2D eigenvalue weighted by atomic mass is 9.96. The van der Waals surface area contributed by atoms with Gasteiger partial charge in [0.2, 0.25) is 0 Å². The molecule has 0 atom stereocenters. The highest BCUT2D eigenvalue weighted by Crippen LogP contribution is 2.35. The molecule has 4 rings (SSSR count). The predicted molar refractivity (Wildman–Crippen MR) is 85.9 cm³/mol. The van der Waals surface area contributed by atoms with E-state index in [4.69, 9.17) is 4.98 Å². The predicted octanol–water partition coefficient (Wildman–Crippen LogP) is 4.14. The highest BCUT2D eigenvalue weighted by atomic mass is 32.1. The van der Waals surface area contributed by atoms with E-state index in [1.807, 2.05) is 23.7 Å². The molecule has 0 saturated carbocycles. The summed E-state index contributed by atoms with van der Waals surface area (Å²) in [6.45, 7) is 2.21. The number of piperidine rings is 1. The third kappa shape index (κ3) is 2.21. The molecule has 0 bridgehead atoms. The van der Waals surface area contributed by atoms with Gasteiger partial charge in [-0.3, -0.25) is 4.98 Å². The summed E-state index contributed by atoms with van der Waals surface area (Å²) in [7, 11) is 0. The average molecular weight is 301 g/mol. The van der Waals surface area contributed by atoms with Crippen molar-refractivity contribution >= 4 is 38.0 Å². The van der Waals surface area contributed by atoms with Gasteiger partial charge in [0.1, 0.15) is 5.52 Å². The van der Waals surface area contributed by atoms with Crippen molar-refractivity contribution in [2.75, 3.05) is 18.0 Å². The highest BCUT2D eigenvalue weighted by Gasteiger charge is 2.23. The van der Waals surface area contributed by atoms with Crippen LogP contribution < -0.4 is 4.90 Å². The van der Waals surface area contributed by atoms with Crippen molar-refractivity contribution in [1.82, 2.24) is 9.97 Å². The van der Waals surface area contributed by atoms with Gasteiger partial charge in [-0.2, -0.15) is 0 Å². The van der Waals surface area contributed by atoms with Crippen LogP contribution in [0.5, 0.6) is 0 Å². The molecular formula is C15H15N3S2. The second kappa shape index (κ2) is 5.14. The summed E-state index contributed by atoms with van der Waals surface area (Å²) in [5.74, 6) is 0.738. The minimum absolute atomic E-state index is 0.738. The normalized spacial score (nSPS) is 16.9. The van der Waals surface area contributed by atoms with Crippen LogP contribution in [0.3, 0.4) is 0 Å². The summed E-state index contributed by atoms with van der Waals surface area (Å²) < 4.78 is 1.23. The lowest BCUT2D eigenvalue weighted by Gasteiger charge is -2.31. The standard InChI is InChI=1S/C15H15N3S2/c1-2-13(19-9-1)11-4-7-18(8-5-11)15-17-12-10-16-6-3-14(12)20-15/h1-3,6,9-11H,4-5,7-8H2. The molecule has 0 spiro atoms. The molecular weight excluding hydrogens is 286 g/mol. The number of hydrogen-bond acceptors (Lipinski definition) is 5. The number of pyridine rings is 1. The second-order valence-electron chi connectivity index (χ2n) is 5.12. The molecule has 3 aromatic heterocycles. The van der Waals surface area contributed by atoms with E-state index in [-0.39, 0.29) is 0 Å². The minimum atomic E-state index is 0.738. The quantitative estimate of drug-likeness (QED) is 0.712. The van der Waals surface area contributed by atoms with Gasteiger partial charge in [0.05, 0.1) is 10.9 Å². The summed E-state index contributed by atoms with van der Waals surface area (Å²) in [6, 6.07) is 6.48. The molecule has 20 heavy (non-hydrogen) atoms. The minimum Gasteiger partial charge on any atom is -0.348 e. The molecule has 1 saturated heterocycles. The fourth-order valence-electron chi connectivity index (χ4n) is 2.78. The number of aromatic nitrogens is 2. The van der Waals surface area contributed by atoms with Crippen molar-refractivity contribution < 1.29 is 0 Å². The van der Waals surface area contributed by atoms with Gasteiger partial charge in [0.15, 0.2) is 5.13 Å². The lowest BCUT2D eigenvalue weighted by molar-refractivity contribution is 0.511. The van der Waals surface area contributed by atoms with E-state index in [2.05, 4.69) is 33.5 Å². The smallest absolute Gasteiger partial charge is 0.186 e. The molecule has 0 aliphatic carbocycles. The monoisotopic (exact) mass is 301 g/mol. The molecule has 1 fully saturated rings. The zero-order valence-corrected chi connectivity index (χ0v) is 12.7. The second-order valence-corrected chi connectivity index (χ2v) is 7.10. The third-order valence-electron chi connectivity index (χ3n) is 3.89. The van der Waals surface area contributed by atoms with Crippen molar-refractivity contribution in [3.8, 4) is 0 Å². The first-order valence-corrected chi connectivity index (χ1v) is 8.59. The number of hydrogen-bond donors (Lipinski definition) is 0. The molecule has 0 unspecified atom stereocenters. The average Bonchev–Trinajstić information content (AvgIpc) is 3.17. The Morgan fingerprint density at radius 3 is 2.85 bits per heavy atom. The molecule has 3 nitrogen and oxygen atoms in total. The van der Waals surface area contributed by atoms with Crippen LogP contribution in [-0.4, -0.2) is 23.1 Å². The fourth-order valence-corrected chi connectivity index (χ4v) is 4.67. The van der Waals surface area contributed by atoms with Crippen molar-refractivity contribution in [2.45, 2.75) is 18.8 Å². The van der Waals surface area contributed by atoms with Crippen LogP contribution in [0, 0.1) is 0 Å². The number of anilines is 1. The molecule has 102 valence electrons. The SMILES string of the molecule is c1csc(C2CCN(c3nc4cnccc4s3)CC2)c1. The number of rotatable bonds is 2. The first kappa shape index (κ1) is 12.3. The van der Waals surface area contributed by atoms with E-state index in [0.29, 0.717) is 0 Å². The van der Waals surface area contributed by atoms with Crippen LogP contribution in [0.4, 0.5) is 5.13 Å². The zero-order chi connectivity index (χ0) is 13.4. The lowest BCUT2D eigenvalue weighted by Crippen LogP contribution is -2.32. The van der Waals surface area contributed by atoms with E-state index < -0.39 is 0 Å². The van der Waals surface area contributed by atoms with Crippen LogP contribution in [0.1, 0.15) is 23.6 Å². The molecule has 0 amide bonds. The maximum absolute atomic E-state index is 4.71. The Kier molecular flexibility index (Phi) is 3.16. The maximum atomic E-state index is 4.71. The van der Waals surface area contributed by atoms with E-state index in [1.165, 1.54) is 22.4 Å². The van der Waals surface area contributed by atoms with Crippen molar-refractivity contribution in [3.05, 3.63) is 40.8 Å². The Balaban J connectivity index is 1.51. The van der Waals surface area contributed by atoms with E-state index in [0.717, 1.165) is 29.7 Å². The van der Waals surface area contributed by atoms with Gasteiger partial charge in [0, 0.05) is 24.2 Å². The van der Waals surface area contributed by atoms with Gasteiger partial charge in [-0.1, -0.05) is 17.4 Å². The van der Waals surface area contributed by atoms with Crippen LogP contribution in [-0.2, 0) is 0 Å². The van der Waals surface area contributed by atoms with Crippen molar-refractivity contribution in [2.24, 2.45) is 0 Å². The van der Waals surface area contributed by atoms with Gasteiger partial charge >= 0.3 is 0 Å². The van der Waals surface area contributed by atoms with Gasteiger partial charge in [-0.25, -0.2) is 4.98 Å². The first-order chi connectivity index (χ1) is 9.90. The summed E-state index contributed by atoms with van der Waals surface area (Å²) in [6.07, 6.45) is 6.16. The van der Waals surface area contributed by atoms with Crippen LogP contribution in [0.15, 0.2) is 36.0 Å². The van der Waals surface area contributed by atoms with Crippen molar-refractivity contribution in [1.29, 1.82) is 0 Å². The zero-order valence-electron chi connectivity index (χ0n) is 11.0. The number of thiazole rings is 1. The molecule has 0 N–H and O–H groups in total. The molecule has 0 radical (unpaired) electrons. The third-order valence-corrected chi connectivity index (χ3v) is 6.02. The summed E-state index contributed by atoms with van der Waals surface area (Å²) in [5, 5.41) is 3.33. The topological polar surface area (TPSA) is 29.0 Å². The molecule has 3 aromatic rings. The first-order valence-electron chi connectivity index (χ1n) is 6.89. The Hall–Kier alpha value is -1.46. The van der Waals surface area contributed by atoms with Gasteiger partial charge < -0.3 is 4.90 Å². The summed E-state index contributed by atoms with van der Waals surface area (Å²) >= 11 is 3.67. The van der Waals surface area contributed by atoms with E-state index in [9.17, 15) is 0 Å². The largest absolute Gasteiger partial charge is 0.348 e. The Bertz CT molecular complexity index is 664. The number of thiophene rings is 1. The molecule has 4 heterocycles. The molecule has 5 heteroatoms. The van der Waals surface area contributed by atoms with Crippen LogP contribution in [0.25, 0.3) is 10.2 Å². The highest BCUT2D eigenvalue weighted by molar-refractivity contribution is 7.22. The van der Waals surface area contributed by atoms with Gasteiger partial charge in [-0.15, -0.1) is 11.3 Å². The van der Waals surface area contributed by atoms with Crippen molar-refractivity contribution in [3.63, 3.8) is 0 Å². The number of fused-ring (bicyclic) bond motifs is 1. The van der Waals surface area contributed by atoms with Crippen LogP contribution in [0.2, 0.25) is 0 Å². The van der Waals surface area contributed by atoms with Crippen LogP contribution >= 0.6 is 22.7 Å². The van der Waals surface area contributed by atoms with Gasteiger partial charge in [0.25, 0.3) is 0 Å². The van der Waals surface area contributed by atoms with Gasteiger partial charge in [-0.05, 0) is 36.3 Å². The maximum Gasteiger partial charge on any atom is 0.186 e. The Morgan fingerprint density at radius 1 is 1.20 bits per heavy atom.